The predicted molar refractivity (Wildman–Crippen MR) is 87.4 cm³/mol. The highest BCUT2D eigenvalue weighted by Crippen LogP contribution is 2.41. The second-order valence-electron chi connectivity index (χ2n) is 5.41. The molecule has 0 bridgehead atoms. The van der Waals surface area contributed by atoms with Gasteiger partial charge in [0.1, 0.15) is 0 Å². The van der Waals surface area contributed by atoms with Gasteiger partial charge in [0.2, 0.25) is 0 Å². The van der Waals surface area contributed by atoms with E-state index < -0.39 is 0 Å². The van der Waals surface area contributed by atoms with Crippen molar-refractivity contribution in [2.24, 2.45) is 0 Å². The number of benzene rings is 2. The largest absolute Gasteiger partial charge is 0.309 e. The van der Waals surface area contributed by atoms with E-state index in [0.717, 1.165) is 13.0 Å². The third-order valence-electron chi connectivity index (χ3n) is 3.88. The zero-order valence-corrected chi connectivity index (χ0v) is 12.9. The van der Waals surface area contributed by atoms with Crippen LogP contribution in [0.25, 0.3) is 0 Å². The van der Waals surface area contributed by atoms with E-state index in [9.17, 15) is 0 Å². The van der Waals surface area contributed by atoms with Crippen molar-refractivity contribution in [3.63, 3.8) is 0 Å². The van der Waals surface area contributed by atoms with Crippen molar-refractivity contribution in [2.75, 3.05) is 6.54 Å². The average Bonchev–Trinajstić information content (AvgIpc) is 2.77. The van der Waals surface area contributed by atoms with Gasteiger partial charge < -0.3 is 5.32 Å². The fraction of sp³-hybridized carbons (Fsp3) is 0.333. The number of nitrogens with one attached hydrogen (secondary N) is 1. The number of thioether (sulfide) groups is 1. The van der Waals surface area contributed by atoms with Crippen molar-refractivity contribution < 1.29 is 0 Å². The van der Waals surface area contributed by atoms with E-state index in [4.69, 9.17) is 0 Å². The molecule has 2 heteroatoms. The number of hydrogen-bond donors (Lipinski definition) is 1. The highest BCUT2D eigenvalue weighted by molar-refractivity contribution is 8.00. The molecule has 2 aromatic rings. The zero-order valence-electron chi connectivity index (χ0n) is 12.1. The van der Waals surface area contributed by atoms with Crippen LogP contribution >= 0.6 is 11.8 Å². The lowest BCUT2D eigenvalue weighted by molar-refractivity contribution is 0.560. The van der Waals surface area contributed by atoms with Crippen LogP contribution in [0.2, 0.25) is 0 Å². The van der Waals surface area contributed by atoms with E-state index in [-0.39, 0.29) is 0 Å². The number of rotatable bonds is 4. The molecule has 0 heterocycles. The summed E-state index contributed by atoms with van der Waals surface area (Å²) in [5, 5.41) is 4.26. The monoisotopic (exact) mass is 283 g/mol. The molecule has 0 spiro atoms. The lowest BCUT2D eigenvalue weighted by atomic mass is 10.1. The summed E-state index contributed by atoms with van der Waals surface area (Å²) in [6.07, 6.45) is 1.16. The number of fused-ring (bicyclic) bond motifs is 1. The van der Waals surface area contributed by atoms with Gasteiger partial charge in [-0.3, -0.25) is 0 Å². The van der Waals surface area contributed by atoms with Gasteiger partial charge in [0.25, 0.3) is 0 Å². The fourth-order valence-electron chi connectivity index (χ4n) is 2.99. The molecule has 2 atom stereocenters. The van der Waals surface area contributed by atoms with Gasteiger partial charge in [-0.15, -0.1) is 11.8 Å². The Kier molecular flexibility index (Phi) is 4.13. The third-order valence-corrected chi connectivity index (χ3v) is 5.15. The van der Waals surface area contributed by atoms with Gasteiger partial charge >= 0.3 is 0 Å². The Balaban J connectivity index is 1.83. The minimum absolute atomic E-state index is 0.474. The van der Waals surface area contributed by atoms with Crippen molar-refractivity contribution in [3.8, 4) is 0 Å². The molecule has 1 N–H and O–H groups in total. The predicted octanol–water partition coefficient (Wildman–Crippen LogP) is 4.36. The Morgan fingerprint density at radius 1 is 1.15 bits per heavy atom. The molecule has 0 fully saturated rings. The van der Waals surface area contributed by atoms with Crippen LogP contribution in [0.5, 0.6) is 0 Å². The van der Waals surface area contributed by atoms with Crippen LogP contribution < -0.4 is 5.32 Å². The quantitative estimate of drug-likeness (QED) is 0.894. The maximum Gasteiger partial charge on any atom is 0.0450 e. The summed E-state index contributed by atoms with van der Waals surface area (Å²) < 4.78 is 0. The fourth-order valence-corrected chi connectivity index (χ4v) is 4.40. The molecule has 20 heavy (non-hydrogen) atoms. The smallest absolute Gasteiger partial charge is 0.0450 e. The summed E-state index contributed by atoms with van der Waals surface area (Å²) in [6, 6.07) is 18.2. The second-order valence-corrected chi connectivity index (χ2v) is 6.72. The van der Waals surface area contributed by atoms with Crippen LogP contribution in [-0.2, 0) is 6.42 Å². The van der Waals surface area contributed by atoms with E-state index in [2.05, 4.69) is 67.7 Å². The molecule has 1 aliphatic carbocycles. The Hall–Kier alpha value is -1.25. The Labute approximate surface area is 125 Å². The van der Waals surface area contributed by atoms with Crippen molar-refractivity contribution in [2.45, 2.75) is 36.5 Å². The van der Waals surface area contributed by atoms with Gasteiger partial charge in [-0.2, -0.15) is 0 Å². The van der Waals surface area contributed by atoms with Gasteiger partial charge in [-0.05, 0) is 43.1 Å². The Morgan fingerprint density at radius 3 is 2.80 bits per heavy atom. The van der Waals surface area contributed by atoms with Crippen LogP contribution in [0.3, 0.4) is 0 Å². The van der Waals surface area contributed by atoms with Gasteiger partial charge in [0.05, 0.1) is 0 Å². The third kappa shape index (κ3) is 2.77. The molecule has 104 valence electrons. The lowest BCUT2D eigenvalue weighted by Crippen LogP contribution is -2.26. The van der Waals surface area contributed by atoms with Crippen LogP contribution in [0, 0.1) is 6.92 Å². The van der Waals surface area contributed by atoms with E-state index in [1.165, 1.54) is 21.6 Å². The van der Waals surface area contributed by atoms with Gasteiger partial charge in [0.15, 0.2) is 0 Å². The van der Waals surface area contributed by atoms with Crippen molar-refractivity contribution in [3.05, 3.63) is 65.2 Å². The summed E-state index contributed by atoms with van der Waals surface area (Å²) in [7, 11) is 0. The first-order valence-corrected chi connectivity index (χ1v) is 8.20. The average molecular weight is 283 g/mol. The number of hydrogen-bond acceptors (Lipinski definition) is 2. The normalized spacial score (nSPS) is 20.9. The molecule has 0 saturated carbocycles. The summed E-state index contributed by atoms with van der Waals surface area (Å²) in [6.45, 7) is 5.37. The summed E-state index contributed by atoms with van der Waals surface area (Å²) >= 11 is 2.01. The second kappa shape index (κ2) is 6.02. The van der Waals surface area contributed by atoms with E-state index >= 15 is 0 Å². The maximum absolute atomic E-state index is 3.66. The number of aryl methyl sites for hydroxylation is 1. The molecule has 0 aromatic heterocycles. The molecule has 2 aromatic carbocycles. The van der Waals surface area contributed by atoms with E-state index in [1.54, 1.807) is 0 Å². The first-order valence-electron chi connectivity index (χ1n) is 7.32. The SMILES string of the molecule is CCNC1c2ccccc2CC1Sc1cccc(C)c1. The highest BCUT2D eigenvalue weighted by atomic mass is 32.2. The summed E-state index contributed by atoms with van der Waals surface area (Å²) in [5.41, 5.74) is 4.33. The Bertz CT molecular complexity index is 593. The van der Waals surface area contributed by atoms with Crippen molar-refractivity contribution in [1.29, 1.82) is 0 Å². The van der Waals surface area contributed by atoms with E-state index in [1.807, 2.05) is 11.8 Å². The molecular weight excluding hydrogens is 262 g/mol. The standard InChI is InChI=1S/C18H21NS/c1-3-19-18-16-10-5-4-8-14(16)12-17(18)20-15-9-6-7-13(2)11-15/h4-11,17-19H,3,12H2,1-2H3. The minimum atomic E-state index is 0.474. The van der Waals surface area contributed by atoms with Gasteiger partial charge in [-0.1, -0.05) is 48.9 Å². The first kappa shape index (κ1) is 13.7. The van der Waals surface area contributed by atoms with Gasteiger partial charge in [0, 0.05) is 16.2 Å². The molecular formula is C18H21NS. The Morgan fingerprint density at radius 2 is 2.00 bits per heavy atom. The molecule has 2 unspecified atom stereocenters. The molecule has 1 nitrogen and oxygen atoms in total. The molecule has 1 aliphatic rings. The van der Waals surface area contributed by atoms with Crippen molar-refractivity contribution in [1.82, 2.24) is 5.32 Å². The van der Waals surface area contributed by atoms with Crippen molar-refractivity contribution >= 4 is 11.8 Å². The van der Waals surface area contributed by atoms with Crippen LogP contribution in [0.15, 0.2) is 53.4 Å². The summed E-state index contributed by atoms with van der Waals surface area (Å²) in [5.74, 6) is 0. The molecule has 0 aliphatic heterocycles. The van der Waals surface area contributed by atoms with E-state index in [0.29, 0.717) is 11.3 Å². The molecule has 0 radical (unpaired) electrons. The van der Waals surface area contributed by atoms with Crippen LogP contribution in [0.1, 0.15) is 29.7 Å². The van der Waals surface area contributed by atoms with Crippen LogP contribution in [-0.4, -0.2) is 11.8 Å². The topological polar surface area (TPSA) is 12.0 Å². The molecule has 0 amide bonds. The minimum Gasteiger partial charge on any atom is -0.309 e. The van der Waals surface area contributed by atoms with Crippen LogP contribution in [0.4, 0.5) is 0 Å². The lowest BCUT2D eigenvalue weighted by Gasteiger charge is -2.21. The molecule has 3 rings (SSSR count). The first-order chi connectivity index (χ1) is 9.78. The molecule has 0 saturated heterocycles. The summed E-state index contributed by atoms with van der Waals surface area (Å²) in [4.78, 5) is 1.38. The highest BCUT2D eigenvalue weighted by Gasteiger charge is 2.32. The zero-order chi connectivity index (χ0) is 13.9. The van der Waals surface area contributed by atoms with Gasteiger partial charge in [-0.25, -0.2) is 0 Å². The maximum atomic E-state index is 3.66.